The standard InChI is InChI=1S/C27H29BrN2O7S/c1-5-6-11-36-25(32)14-30-26(33)23(38-27(30)34)13-18-7-10-21(22(12-18)35-4)37-15-24(31)29-20-9-8-19(28)16(2)17(20)3/h7-10,12-13H,5-6,11,14-15H2,1-4H3,(H,29,31)/b23-13+. The molecule has 1 fully saturated rings. The van der Waals surface area contributed by atoms with Crippen LogP contribution < -0.4 is 14.8 Å². The number of nitrogens with zero attached hydrogens (tertiary/aromatic N) is 1. The van der Waals surface area contributed by atoms with Gasteiger partial charge < -0.3 is 19.5 Å². The zero-order valence-corrected chi connectivity index (χ0v) is 24.0. The van der Waals surface area contributed by atoms with E-state index in [9.17, 15) is 19.2 Å². The number of thioether (sulfide) groups is 1. The summed E-state index contributed by atoms with van der Waals surface area (Å²) in [6, 6.07) is 8.60. The Kier molecular flexibility index (Phi) is 10.4. The molecule has 0 spiro atoms. The second kappa shape index (κ2) is 13.5. The molecule has 38 heavy (non-hydrogen) atoms. The molecule has 1 aliphatic heterocycles. The third-order valence-electron chi connectivity index (χ3n) is 5.76. The summed E-state index contributed by atoms with van der Waals surface area (Å²) in [5.41, 5.74) is 3.26. The molecule has 2 aromatic carbocycles. The Labute approximate surface area is 234 Å². The number of benzene rings is 2. The molecule has 9 nitrogen and oxygen atoms in total. The van der Waals surface area contributed by atoms with Gasteiger partial charge in [0.2, 0.25) is 0 Å². The number of imide groups is 1. The number of hydrogen-bond donors (Lipinski definition) is 1. The number of carbonyl (C=O) groups excluding carboxylic acids is 4. The second-order valence-corrected chi connectivity index (χ2v) is 10.3. The predicted octanol–water partition coefficient (Wildman–Crippen LogP) is 5.47. The van der Waals surface area contributed by atoms with Crippen molar-refractivity contribution in [3.63, 3.8) is 0 Å². The van der Waals surface area contributed by atoms with Crippen LogP contribution in [0.5, 0.6) is 11.5 Å². The van der Waals surface area contributed by atoms with E-state index in [0.29, 0.717) is 29.2 Å². The number of carbonyl (C=O) groups is 4. The molecule has 1 N–H and O–H groups in total. The van der Waals surface area contributed by atoms with Crippen LogP contribution in [-0.4, -0.2) is 54.8 Å². The quantitative estimate of drug-likeness (QED) is 0.204. The van der Waals surface area contributed by atoms with Crippen molar-refractivity contribution in [1.82, 2.24) is 4.90 Å². The molecule has 0 aliphatic carbocycles. The maximum atomic E-state index is 12.7. The van der Waals surface area contributed by atoms with Crippen molar-refractivity contribution in [3.8, 4) is 11.5 Å². The van der Waals surface area contributed by atoms with Crippen molar-refractivity contribution < 1.29 is 33.4 Å². The first-order chi connectivity index (χ1) is 18.1. The smallest absolute Gasteiger partial charge is 0.326 e. The summed E-state index contributed by atoms with van der Waals surface area (Å²) in [6.45, 7) is 5.43. The van der Waals surface area contributed by atoms with Gasteiger partial charge in [-0.3, -0.25) is 24.1 Å². The first kappa shape index (κ1) is 29.2. The van der Waals surface area contributed by atoms with Crippen LogP contribution in [0.1, 0.15) is 36.5 Å². The maximum Gasteiger partial charge on any atom is 0.326 e. The Bertz CT molecular complexity index is 1280. The fraction of sp³-hybridized carbons (Fsp3) is 0.333. The topological polar surface area (TPSA) is 111 Å². The van der Waals surface area contributed by atoms with Crippen molar-refractivity contribution in [2.24, 2.45) is 0 Å². The average molecular weight is 606 g/mol. The number of ether oxygens (including phenoxy) is 3. The summed E-state index contributed by atoms with van der Waals surface area (Å²) in [5, 5.41) is 2.30. The number of hydrogen-bond acceptors (Lipinski definition) is 8. The van der Waals surface area contributed by atoms with E-state index in [-0.39, 0.29) is 24.0 Å². The number of unbranched alkanes of at least 4 members (excludes halogenated alkanes) is 1. The molecule has 1 saturated heterocycles. The molecule has 3 amide bonds. The van der Waals surface area contributed by atoms with Gasteiger partial charge in [-0.2, -0.15) is 0 Å². The van der Waals surface area contributed by atoms with E-state index in [1.54, 1.807) is 18.2 Å². The van der Waals surface area contributed by atoms with Crippen LogP contribution in [0, 0.1) is 13.8 Å². The molecule has 0 bridgehead atoms. The molecule has 0 radical (unpaired) electrons. The van der Waals surface area contributed by atoms with Crippen LogP contribution in [0.4, 0.5) is 10.5 Å². The van der Waals surface area contributed by atoms with Crippen LogP contribution >= 0.6 is 27.7 Å². The fourth-order valence-corrected chi connectivity index (χ4v) is 4.71. The van der Waals surface area contributed by atoms with E-state index >= 15 is 0 Å². The summed E-state index contributed by atoms with van der Waals surface area (Å²) >= 11 is 4.22. The minimum absolute atomic E-state index is 0.173. The van der Waals surface area contributed by atoms with Crippen LogP contribution in [0.3, 0.4) is 0 Å². The Balaban J connectivity index is 1.64. The van der Waals surface area contributed by atoms with Crippen molar-refractivity contribution >= 4 is 62.5 Å². The second-order valence-electron chi connectivity index (χ2n) is 8.43. The van der Waals surface area contributed by atoms with Gasteiger partial charge in [0.15, 0.2) is 18.1 Å². The van der Waals surface area contributed by atoms with E-state index in [1.807, 2.05) is 32.9 Å². The highest BCUT2D eigenvalue weighted by atomic mass is 79.9. The average Bonchev–Trinajstić information content (AvgIpc) is 3.15. The Morgan fingerprint density at radius 3 is 2.58 bits per heavy atom. The first-order valence-corrected chi connectivity index (χ1v) is 13.5. The lowest BCUT2D eigenvalue weighted by molar-refractivity contribution is -0.146. The summed E-state index contributed by atoms with van der Waals surface area (Å²) in [5.74, 6) is -0.836. The lowest BCUT2D eigenvalue weighted by Gasteiger charge is -2.14. The zero-order chi connectivity index (χ0) is 27.8. The number of methoxy groups -OCH3 is 1. The van der Waals surface area contributed by atoms with E-state index in [1.165, 1.54) is 13.2 Å². The van der Waals surface area contributed by atoms with Crippen molar-refractivity contribution in [2.45, 2.75) is 33.6 Å². The van der Waals surface area contributed by atoms with E-state index in [2.05, 4.69) is 21.2 Å². The van der Waals surface area contributed by atoms with E-state index in [0.717, 1.165) is 38.7 Å². The highest BCUT2D eigenvalue weighted by Gasteiger charge is 2.36. The first-order valence-electron chi connectivity index (χ1n) is 11.9. The van der Waals surface area contributed by atoms with Gasteiger partial charge >= 0.3 is 5.97 Å². The molecule has 2 aromatic rings. The molecule has 0 unspecified atom stereocenters. The number of halogens is 1. The summed E-state index contributed by atoms with van der Waals surface area (Å²) in [7, 11) is 1.46. The zero-order valence-electron chi connectivity index (χ0n) is 21.6. The van der Waals surface area contributed by atoms with Crippen LogP contribution in [0.2, 0.25) is 0 Å². The SMILES string of the molecule is CCCCOC(=O)CN1C(=O)S/C(=C/c2ccc(OCC(=O)Nc3ccc(Br)c(C)c3C)c(OC)c2)C1=O. The Hall–Kier alpha value is -3.31. The van der Waals surface area contributed by atoms with Crippen LogP contribution in [0.15, 0.2) is 39.7 Å². The number of anilines is 1. The molecule has 0 atom stereocenters. The molecule has 0 aromatic heterocycles. The minimum atomic E-state index is -0.625. The lowest BCUT2D eigenvalue weighted by Crippen LogP contribution is -2.34. The van der Waals surface area contributed by atoms with Gasteiger partial charge in [-0.15, -0.1) is 0 Å². The molecule has 202 valence electrons. The van der Waals surface area contributed by atoms with E-state index < -0.39 is 23.7 Å². The van der Waals surface area contributed by atoms with Gasteiger partial charge in [-0.1, -0.05) is 35.3 Å². The summed E-state index contributed by atoms with van der Waals surface area (Å²) in [4.78, 5) is 50.5. The molecule has 3 rings (SSSR count). The third kappa shape index (κ3) is 7.38. The Morgan fingerprint density at radius 2 is 1.87 bits per heavy atom. The van der Waals surface area contributed by atoms with Gasteiger partial charge in [0.25, 0.3) is 17.1 Å². The van der Waals surface area contributed by atoms with Crippen molar-refractivity contribution in [1.29, 1.82) is 0 Å². The Morgan fingerprint density at radius 1 is 1.11 bits per heavy atom. The van der Waals surface area contributed by atoms with Gasteiger partial charge in [0.1, 0.15) is 6.54 Å². The van der Waals surface area contributed by atoms with Crippen LogP contribution in [0.25, 0.3) is 6.08 Å². The third-order valence-corrected chi connectivity index (χ3v) is 7.53. The minimum Gasteiger partial charge on any atom is -0.493 e. The van der Waals surface area contributed by atoms with Gasteiger partial charge in [0.05, 0.1) is 18.6 Å². The van der Waals surface area contributed by atoms with Gasteiger partial charge in [0, 0.05) is 10.2 Å². The maximum absolute atomic E-state index is 12.7. The summed E-state index contributed by atoms with van der Waals surface area (Å²) < 4.78 is 17.1. The number of amides is 3. The summed E-state index contributed by atoms with van der Waals surface area (Å²) in [6.07, 6.45) is 3.11. The monoisotopic (exact) mass is 604 g/mol. The molecule has 1 aliphatic rings. The molecule has 11 heteroatoms. The number of esters is 1. The molecule has 1 heterocycles. The largest absolute Gasteiger partial charge is 0.493 e. The lowest BCUT2D eigenvalue weighted by atomic mass is 10.1. The van der Waals surface area contributed by atoms with Crippen molar-refractivity contribution in [2.75, 3.05) is 32.2 Å². The highest BCUT2D eigenvalue weighted by molar-refractivity contribution is 9.10. The van der Waals surface area contributed by atoms with E-state index in [4.69, 9.17) is 14.2 Å². The predicted molar refractivity (Wildman–Crippen MR) is 149 cm³/mol. The van der Waals surface area contributed by atoms with Gasteiger partial charge in [-0.05, 0) is 79.1 Å². The molecule has 0 saturated carbocycles. The number of nitrogens with one attached hydrogen (secondary N) is 1. The molecular formula is C27H29BrN2O7S. The van der Waals surface area contributed by atoms with Crippen LogP contribution in [-0.2, 0) is 19.1 Å². The highest BCUT2D eigenvalue weighted by Crippen LogP contribution is 2.34. The molecular weight excluding hydrogens is 576 g/mol. The fourth-order valence-electron chi connectivity index (χ4n) is 3.44. The number of rotatable bonds is 11. The normalized spacial score (nSPS) is 14.1. The van der Waals surface area contributed by atoms with Gasteiger partial charge in [-0.25, -0.2) is 0 Å². The van der Waals surface area contributed by atoms with Crippen molar-refractivity contribution in [3.05, 3.63) is 56.4 Å².